The molecule has 4 aromatic rings. The van der Waals surface area contributed by atoms with E-state index in [0.29, 0.717) is 5.76 Å². The molecule has 10 nitrogen and oxygen atoms in total. The molecule has 0 unspecified atom stereocenters. The van der Waals surface area contributed by atoms with Crippen LogP contribution in [0.5, 0.6) is 0 Å². The number of aryl methyl sites for hydroxylation is 2. The van der Waals surface area contributed by atoms with Crippen LogP contribution < -0.4 is 5.73 Å². The van der Waals surface area contributed by atoms with Gasteiger partial charge in [-0.3, -0.25) is 0 Å². The predicted octanol–water partition coefficient (Wildman–Crippen LogP) is 3.85. The maximum atomic E-state index is 12.3. The number of carbonyl (C=O) groups is 2. The number of para-hydroxylation sites is 1. The summed E-state index contributed by atoms with van der Waals surface area (Å²) in [7, 11) is 0. The number of anilines is 1. The molecule has 35 heavy (non-hydrogen) atoms. The Bertz CT molecular complexity index is 1440. The minimum absolute atomic E-state index is 0.0380. The van der Waals surface area contributed by atoms with E-state index in [1.54, 1.807) is 19.9 Å². The Balaban J connectivity index is 1.48. The minimum atomic E-state index is -0.582. The summed E-state index contributed by atoms with van der Waals surface area (Å²) in [6.07, 6.45) is 2.99. The molecule has 0 amide bonds. The standard InChI is InChI=1S/C25H25N5O5/c1-5-33-25(32)21-16(4)35-24-22(21)23(26)27-19(28-24)13-34-20(31)12-11-18-14(2)29-30(15(18)3)17-9-7-6-8-10-17/h6-12H,5,13H2,1-4H3,(H2,26,27,28)/b12-11+. The fourth-order valence-electron chi connectivity index (χ4n) is 3.75. The summed E-state index contributed by atoms with van der Waals surface area (Å²) >= 11 is 0. The zero-order valence-corrected chi connectivity index (χ0v) is 19.9. The molecule has 0 atom stereocenters. The zero-order valence-electron chi connectivity index (χ0n) is 19.9. The van der Waals surface area contributed by atoms with Crippen molar-refractivity contribution in [3.8, 4) is 5.69 Å². The first-order valence-electron chi connectivity index (χ1n) is 11.0. The smallest absolute Gasteiger partial charge is 0.342 e. The Morgan fingerprint density at radius 2 is 1.86 bits per heavy atom. The fraction of sp³-hybridized carbons (Fsp3) is 0.240. The molecule has 0 saturated carbocycles. The number of rotatable bonds is 7. The molecule has 2 N–H and O–H groups in total. The Morgan fingerprint density at radius 3 is 2.57 bits per heavy atom. The van der Waals surface area contributed by atoms with Gasteiger partial charge in [0.05, 0.1) is 23.4 Å². The Hall–Kier alpha value is -4.47. The first-order chi connectivity index (χ1) is 16.8. The van der Waals surface area contributed by atoms with Crippen LogP contribution in [0.4, 0.5) is 5.82 Å². The molecule has 1 aromatic carbocycles. The quantitative estimate of drug-likeness (QED) is 0.312. The van der Waals surface area contributed by atoms with E-state index in [1.807, 2.05) is 48.9 Å². The van der Waals surface area contributed by atoms with Gasteiger partial charge in [-0.1, -0.05) is 18.2 Å². The Morgan fingerprint density at radius 1 is 1.11 bits per heavy atom. The van der Waals surface area contributed by atoms with Gasteiger partial charge in [0, 0.05) is 17.3 Å². The summed E-state index contributed by atoms with van der Waals surface area (Å²) < 4.78 is 17.7. The van der Waals surface area contributed by atoms with Crippen LogP contribution in [0.1, 0.15) is 45.8 Å². The monoisotopic (exact) mass is 475 g/mol. The Labute approximate surface area is 201 Å². The van der Waals surface area contributed by atoms with E-state index >= 15 is 0 Å². The number of esters is 2. The molecule has 0 aliphatic heterocycles. The lowest BCUT2D eigenvalue weighted by Crippen LogP contribution is -2.09. The number of benzene rings is 1. The van der Waals surface area contributed by atoms with E-state index in [2.05, 4.69) is 15.1 Å². The number of nitrogens with two attached hydrogens (primary N) is 1. The first-order valence-corrected chi connectivity index (χ1v) is 11.0. The van der Waals surface area contributed by atoms with Crippen molar-refractivity contribution in [3.05, 3.63) is 70.5 Å². The normalized spacial score (nSPS) is 11.3. The minimum Gasteiger partial charge on any atom is -0.462 e. The van der Waals surface area contributed by atoms with Crippen molar-refractivity contribution >= 4 is 34.9 Å². The molecule has 0 fully saturated rings. The van der Waals surface area contributed by atoms with Crippen molar-refractivity contribution in [1.29, 1.82) is 0 Å². The molecule has 4 rings (SSSR count). The maximum Gasteiger partial charge on any atom is 0.342 e. The zero-order chi connectivity index (χ0) is 25.1. The predicted molar refractivity (Wildman–Crippen MR) is 129 cm³/mol. The van der Waals surface area contributed by atoms with E-state index in [-0.39, 0.29) is 41.5 Å². The van der Waals surface area contributed by atoms with Crippen LogP contribution in [0.3, 0.4) is 0 Å². The summed E-state index contributed by atoms with van der Waals surface area (Å²) in [6, 6.07) is 9.73. The average Bonchev–Trinajstić information content (AvgIpc) is 3.32. The second-order valence-corrected chi connectivity index (χ2v) is 7.73. The molecular formula is C25H25N5O5. The van der Waals surface area contributed by atoms with Gasteiger partial charge in [-0.25, -0.2) is 19.3 Å². The highest BCUT2D eigenvalue weighted by atomic mass is 16.5. The van der Waals surface area contributed by atoms with Crippen LogP contribution in [0.15, 0.2) is 40.8 Å². The molecule has 0 spiro atoms. The van der Waals surface area contributed by atoms with Crippen LogP contribution in [0, 0.1) is 20.8 Å². The lowest BCUT2D eigenvalue weighted by atomic mass is 10.2. The second-order valence-electron chi connectivity index (χ2n) is 7.73. The van der Waals surface area contributed by atoms with Crippen LogP contribution >= 0.6 is 0 Å². The van der Waals surface area contributed by atoms with E-state index in [4.69, 9.17) is 19.6 Å². The number of carbonyl (C=O) groups excluding carboxylic acids is 2. The van der Waals surface area contributed by atoms with E-state index in [9.17, 15) is 9.59 Å². The first kappa shape index (κ1) is 23.7. The third-order valence-electron chi connectivity index (χ3n) is 5.36. The Kier molecular flexibility index (Phi) is 6.63. The van der Waals surface area contributed by atoms with Gasteiger partial charge >= 0.3 is 11.9 Å². The van der Waals surface area contributed by atoms with Gasteiger partial charge in [-0.2, -0.15) is 10.1 Å². The molecule has 180 valence electrons. The number of nitrogen functional groups attached to an aromatic ring is 1. The summed E-state index contributed by atoms with van der Waals surface area (Å²) in [5, 5.41) is 4.83. The molecule has 0 bridgehead atoms. The largest absolute Gasteiger partial charge is 0.462 e. The number of hydrogen-bond donors (Lipinski definition) is 1. The van der Waals surface area contributed by atoms with Crippen molar-refractivity contribution in [3.63, 3.8) is 0 Å². The highest BCUT2D eigenvalue weighted by Crippen LogP contribution is 2.29. The maximum absolute atomic E-state index is 12.3. The van der Waals surface area contributed by atoms with Gasteiger partial charge in [0.2, 0.25) is 5.71 Å². The molecule has 10 heteroatoms. The summed E-state index contributed by atoms with van der Waals surface area (Å²) in [5.74, 6) is -0.648. The highest BCUT2D eigenvalue weighted by molar-refractivity contribution is 6.07. The molecular weight excluding hydrogens is 450 g/mol. The number of hydrogen-bond acceptors (Lipinski definition) is 9. The molecule has 3 aromatic heterocycles. The number of ether oxygens (including phenoxy) is 2. The molecule has 0 radical (unpaired) electrons. The van der Waals surface area contributed by atoms with Gasteiger partial charge in [0.1, 0.15) is 17.1 Å². The number of fused-ring (bicyclic) bond motifs is 1. The number of nitrogens with zero attached hydrogens (tertiary/aromatic N) is 4. The van der Waals surface area contributed by atoms with Crippen molar-refractivity contribution in [1.82, 2.24) is 19.7 Å². The lowest BCUT2D eigenvalue weighted by Gasteiger charge is -2.04. The molecule has 0 saturated heterocycles. The molecule has 3 heterocycles. The second kappa shape index (κ2) is 9.80. The number of aromatic nitrogens is 4. The lowest BCUT2D eigenvalue weighted by molar-refractivity contribution is -0.139. The van der Waals surface area contributed by atoms with E-state index < -0.39 is 11.9 Å². The van der Waals surface area contributed by atoms with Crippen LogP contribution in [0.25, 0.3) is 22.9 Å². The van der Waals surface area contributed by atoms with Crippen molar-refractivity contribution in [2.75, 3.05) is 12.3 Å². The summed E-state index contributed by atoms with van der Waals surface area (Å²) in [4.78, 5) is 33.0. The highest BCUT2D eigenvalue weighted by Gasteiger charge is 2.24. The SMILES string of the molecule is CCOC(=O)c1c(C)oc2nc(COC(=O)/C=C/c3c(C)nn(-c4ccccc4)c3C)nc(N)c12. The third kappa shape index (κ3) is 4.77. The van der Waals surface area contributed by atoms with Crippen molar-refractivity contribution in [2.45, 2.75) is 34.3 Å². The van der Waals surface area contributed by atoms with Crippen molar-refractivity contribution in [2.24, 2.45) is 0 Å². The van der Waals surface area contributed by atoms with E-state index in [1.165, 1.54) is 6.08 Å². The summed E-state index contributed by atoms with van der Waals surface area (Å²) in [5.41, 5.74) is 9.79. The fourth-order valence-corrected chi connectivity index (χ4v) is 3.75. The van der Waals surface area contributed by atoms with Gasteiger partial charge in [-0.05, 0) is 45.9 Å². The van der Waals surface area contributed by atoms with E-state index in [0.717, 1.165) is 22.6 Å². The van der Waals surface area contributed by atoms with Gasteiger partial charge in [0.15, 0.2) is 12.4 Å². The summed E-state index contributed by atoms with van der Waals surface area (Å²) in [6.45, 7) is 7.10. The van der Waals surface area contributed by atoms with Crippen LogP contribution in [-0.2, 0) is 20.9 Å². The number of furan rings is 1. The van der Waals surface area contributed by atoms with Gasteiger partial charge in [0.25, 0.3) is 0 Å². The third-order valence-corrected chi connectivity index (χ3v) is 5.36. The van der Waals surface area contributed by atoms with Crippen LogP contribution in [-0.4, -0.2) is 38.3 Å². The van der Waals surface area contributed by atoms with Crippen LogP contribution in [0.2, 0.25) is 0 Å². The van der Waals surface area contributed by atoms with Crippen molar-refractivity contribution < 1.29 is 23.5 Å². The molecule has 0 aliphatic carbocycles. The van der Waals surface area contributed by atoms with Gasteiger partial charge in [-0.15, -0.1) is 0 Å². The van der Waals surface area contributed by atoms with Gasteiger partial charge < -0.3 is 19.6 Å². The molecule has 0 aliphatic rings. The topological polar surface area (TPSA) is 135 Å². The average molecular weight is 476 g/mol.